The van der Waals surface area contributed by atoms with E-state index >= 15 is 0 Å². The van der Waals surface area contributed by atoms with E-state index in [0.717, 1.165) is 10.5 Å². The molecule has 6 N–H and O–H groups in total. The molecule has 0 spiro atoms. The summed E-state index contributed by atoms with van der Waals surface area (Å²) in [6.07, 6.45) is -2.88. The van der Waals surface area contributed by atoms with Gasteiger partial charge in [-0.1, -0.05) is 74.5 Å². The molecule has 2 aromatic carbocycles. The highest BCUT2D eigenvalue weighted by Gasteiger charge is 2.42. The summed E-state index contributed by atoms with van der Waals surface area (Å²) in [5, 5.41) is 19.4. The molecule has 0 radical (unpaired) electrons. The van der Waals surface area contributed by atoms with E-state index in [0.29, 0.717) is 12.0 Å². The molecule has 0 aliphatic carbocycles. The van der Waals surface area contributed by atoms with Crippen LogP contribution in [0.5, 0.6) is 0 Å². The molecule has 11 heteroatoms. The first kappa shape index (κ1) is 35.1. The van der Waals surface area contributed by atoms with Gasteiger partial charge in [0.05, 0.1) is 6.10 Å². The van der Waals surface area contributed by atoms with Gasteiger partial charge < -0.3 is 31.1 Å². The second-order valence-electron chi connectivity index (χ2n) is 11.9. The Bertz CT molecular complexity index is 1190. The van der Waals surface area contributed by atoms with E-state index in [1.54, 1.807) is 45.0 Å². The van der Waals surface area contributed by atoms with Crippen molar-refractivity contribution in [3.63, 3.8) is 0 Å². The fraction of sp³-hybridized carbons (Fsp3) is 0.500. The highest BCUT2D eigenvalue weighted by Crippen LogP contribution is 2.21. The van der Waals surface area contributed by atoms with Crippen LogP contribution in [0.1, 0.15) is 58.6 Å². The van der Waals surface area contributed by atoms with Gasteiger partial charge in [-0.05, 0) is 57.1 Å². The second-order valence-corrected chi connectivity index (χ2v) is 11.9. The summed E-state index contributed by atoms with van der Waals surface area (Å²) >= 11 is 0. The minimum Gasteiger partial charge on any atom is -0.444 e. The predicted octanol–water partition coefficient (Wildman–Crippen LogP) is 3.10. The number of benzene rings is 2. The molecule has 1 unspecified atom stereocenters. The van der Waals surface area contributed by atoms with Crippen molar-refractivity contribution in [2.75, 3.05) is 7.05 Å². The lowest BCUT2D eigenvalue weighted by Crippen LogP contribution is -2.66. The maximum atomic E-state index is 14.4. The number of urea groups is 1. The first-order chi connectivity index (χ1) is 20.2. The van der Waals surface area contributed by atoms with Crippen LogP contribution in [0, 0.1) is 5.92 Å². The Morgan fingerprint density at radius 1 is 0.930 bits per heavy atom. The molecule has 11 nitrogen and oxygen atoms in total. The summed E-state index contributed by atoms with van der Waals surface area (Å²) in [5.41, 5.74) is 6.69. The zero-order valence-corrected chi connectivity index (χ0v) is 26.0. The number of primary amides is 1. The maximum absolute atomic E-state index is 14.4. The number of nitrogens with two attached hydrogens (primary N) is 1. The monoisotopic (exact) mass is 597 g/mol. The maximum Gasteiger partial charge on any atom is 0.409 e. The van der Waals surface area contributed by atoms with Crippen LogP contribution in [0.3, 0.4) is 0 Å². The van der Waals surface area contributed by atoms with Gasteiger partial charge in [-0.15, -0.1) is 0 Å². The second kappa shape index (κ2) is 16.5. The molecule has 0 aromatic heterocycles. The quantitative estimate of drug-likeness (QED) is 0.210. The molecule has 236 valence electrons. The van der Waals surface area contributed by atoms with Gasteiger partial charge in [0.2, 0.25) is 11.8 Å². The average molecular weight is 598 g/mol. The third-order valence-corrected chi connectivity index (χ3v) is 6.63. The lowest BCUT2D eigenvalue weighted by molar-refractivity contribution is -0.148. The number of carbonyl (C=O) groups is 4. The number of carbonyl (C=O) groups excluding carboxylic acids is 4. The Morgan fingerprint density at radius 3 is 1.98 bits per heavy atom. The third kappa shape index (κ3) is 12.0. The number of aliphatic hydroxyl groups is 1. The number of hydrogen-bond donors (Lipinski definition) is 5. The van der Waals surface area contributed by atoms with E-state index in [1.165, 1.54) is 7.05 Å². The standard InChI is InChI=1S/C32H47N5O6/c1-21(2)19-24(35-30(41)34-6)29(40)37(25(27(33)39)20-23-15-11-8-12-16-23)28(36-31(42)43-32(3,4)5)26(38)18-17-22-13-9-7-10-14-22/h7-16,21,24-26,28,38H,17-20H2,1-6H3,(H2,33,39)(H,36,42)(H2,34,35,41)/t24-,25-,26-,28?/m0/s1. The number of nitrogens with zero attached hydrogens (tertiary/aromatic N) is 1. The molecule has 5 amide bonds. The summed E-state index contributed by atoms with van der Waals surface area (Å²) in [6, 6.07) is 15.4. The van der Waals surface area contributed by atoms with Crippen molar-refractivity contribution in [3.8, 4) is 0 Å². The molecule has 0 saturated carbocycles. The largest absolute Gasteiger partial charge is 0.444 e. The lowest BCUT2D eigenvalue weighted by atomic mass is 9.97. The van der Waals surface area contributed by atoms with Crippen LogP contribution in [0.25, 0.3) is 0 Å². The van der Waals surface area contributed by atoms with Crippen molar-refractivity contribution in [3.05, 3.63) is 71.8 Å². The van der Waals surface area contributed by atoms with Crippen molar-refractivity contribution in [1.29, 1.82) is 0 Å². The summed E-state index contributed by atoms with van der Waals surface area (Å²) in [4.78, 5) is 54.2. The van der Waals surface area contributed by atoms with Gasteiger partial charge in [0, 0.05) is 13.5 Å². The minimum absolute atomic E-state index is 0.00812. The van der Waals surface area contributed by atoms with Gasteiger partial charge in [0.1, 0.15) is 23.9 Å². The van der Waals surface area contributed by atoms with Gasteiger partial charge >= 0.3 is 12.1 Å². The van der Waals surface area contributed by atoms with Crippen LogP contribution in [-0.4, -0.2) is 70.9 Å². The summed E-state index contributed by atoms with van der Waals surface area (Å²) in [6.45, 7) is 8.82. The fourth-order valence-corrected chi connectivity index (χ4v) is 4.66. The Kier molecular flexibility index (Phi) is 13.5. The van der Waals surface area contributed by atoms with E-state index in [1.807, 2.05) is 50.2 Å². The fourth-order valence-electron chi connectivity index (χ4n) is 4.66. The SMILES string of the molecule is CNC(=O)N[C@@H](CC(C)C)C(=O)N(C(NC(=O)OC(C)(C)C)[C@@H](O)CCc1ccccc1)[C@@H](Cc1ccccc1)C(N)=O. The highest BCUT2D eigenvalue weighted by molar-refractivity contribution is 5.92. The number of nitrogens with one attached hydrogen (secondary N) is 3. The molecular weight excluding hydrogens is 550 g/mol. The van der Waals surface area contributed by atoms with Crippen LogP contribution in [0.4, 0.5) is 9.59 Å². The van der Waals surface area contributed by atoms with Crippen molar-refractivity contribution >= 4 is 23.9 Å². The van der Waals surface area contributed by atoms with Crippen LogP contribution >= 0.6 is 0 Å². The van der Waals surface area contributed by atoms with E-state index < -0.39 is 53.9 Å². The van der Waals surface area contributed by atoms with Crippen molar-refractivity contribution in [1.82, 2.24) is 20.9 Å². The Balaban J connectivity index is 2.65. The van der Waals surface area contributed by atoms with Crippen LogP contribution in [0.2, 0.25) is 0 Å². The number of aliphatic hydroxyl groups excluding tert-OH is 1. The van der Waals surface area contributed by atoms with Crippen LogP contribution in [0.15, 0.2) is 60.7 Å². The Labute approximate surface area is 254 Å². The number of amides is 5. The highest BCUT2D eigenvalue weighted by atomic mass is 16.6. The molecule has 0 aliphatic heterocycles. The molecule has 0 heterocycles. The van der Waals surface area contributed by atoms with Gasteiger partial charge in [0.25, 0.3) is 0 Å². The molecule has 43 heavy (non-hydrogen) atoms. The first-order valence-electron chi connectivity index (χ1n) is 14.6. The molecule has 4 atom stereocenters. The van der Waals surface area contributed by atoms with Crippen LogP contribution < -0.4 is 21.7 Å². The van der Waals surface area contributed by atoms with E-state index in [4.69, 9.17) is 10.5 Å². The summed E-state index contributed by atoms with van der Waals surface area (Å²) in [5.74, 6) is -1.56. The third-order valence-electron chi connectivity index (χ3n) is 6.63. The zero-order valence-electron chi connectivity index (χ0n) is 26.0. The zero-order chi connectivity index (χ0) is 32.2. The molecule has 2 aromatic rings. The summed E-state index contributed by atoms with van der Waals surface area (Å²) < 4.78 is 5.48. The smallest absolute Gasteiger partial charge is 0.409 e. The Hall–Kier alpha value is -4.12. The molecular formula is C32H47N5O6. The molecule has 0 bridgehead atoms. The topological polar surface area (TPSA) is 163 Å². The van der Waals surface area contributed by atoms with E-state index in [9.17, 15) is 24.3 Å². The predicted molar refractivity (Wildman–Crippen MR) is 165 cm³/mol. The summed E-state index contributed by atoms with van der Waals surface area (Å²) in [7, 11) is 1.42. The lowest BCUT2D eigenvalue weighted by Gasteiger charge is -2.41. The van der Waals surface area contributed by atoms with Gasteiger partial charge in [0.15, 0.2) is 0 Å². The van der Waals surface area contributed by atoms with Gasteiger partial charge in [-0.25, -0.2) is 9.59 Å². The van der Waals surface area contributed by atoms with Gasteiger partial charge in [-0.2, -0.15) is 0 Å². The van der Waals surface area contributed by atoms with E-state index in [2.05, 4.69) is 16.0 Å². The van der Waals surface area contributed by atoms with Gasteiger partial charge in [-0.3, -0.25) is 14.9 Å². The van der Waals surface area contributed by atoms with Crippen molar-refractivity contribution < 1.29 is 29.0 Å². The molecule has 0 saturated heterocycles. The first-order valence-corrected chi connectivity index (χ1v) is 14.6. The van der Waals surface area contributed by atoms with Crippen LogP contribution in [-0.2, 0) is 27.2 Å². The number of aryl methyl sites for hydroxylation is 1. The molecule has 2 rings (SSSR count). The molecule has 0 aliphatic rings. The molecule has 0 fully saturated rings. The number of rotatable bonds is 14. The minimum atomic E-state index is -1.42. The normalized spacial score (nSPS) is 14.1. The number of alkyl carbamates (subject to hydrolysis) is 1. The Morgan fingerprint density at radius 2 is 1.49 bits per heavy atom. The average Bonchev–Trinajstić information content (AvgIpc) is 2.94. The number of hydrogen-bond acceptors (Lipinski definition) is 6. The van der Waals surface area contributed by atoms with E-state index in [-0.39, 0.29) is 25.2 Å². The van der Waals surface area contributed by atoms with Crippen molar-refractivity contribution in [2.24, 2.45) is 11.7 Å². The number of ether oxygens (including phenoxy) is 1. The van der Waals surface area contributed by atoms with Crippen molar-refractivity contribution in [2.45, 2.75) is 90.3 Å².